The molecule has 0 spiro atoms. The Morgan fingerprint density at radius 3 is 0.910 bits per heavy atom. The summed E-state index contributed by atoms with van der Waals surface area (Å²) in [5.74, 6) is -3.14. The quantitative estimate of drug-likeness (QED) is 0.0124. The minimum atomic E-state index is -1.16. The lowest BCUT2D eigenvalue weighted by Gasteiger charge is -2.24. The summed E-state index contributed by atoms with van der Waals surface area (Å²) in [4.78, 5) is 160. The van der Waals surface area contributed by atoms with Gasteiger partial charge in [0, 0.05) is 153 Å². The molecule has 0 rings (SSSR count). The fraction of sp³-hybridized carbons (Fsp3) is 0.828. The van der Waals surface area contributed by atoms with Crippen LogP contribution in [0.4, 0.5) is 0 Å². The van der Waals surface area contributed by atoms with Crippen molar-refractivity contribution in [2.45, 2.75) is 301 Å². The number of ether oxygens (including phenoxy) is 3. The molecule has 0 aromatic carbocycles. The van der Waals surface area contributed by atoms with Gasteiger partial charge in [0.15, 0.2) is 0 Å². The molecule has 0 heterocycles. The van der Waals surface area contributed by atoms with Crippen LogP contribution in [0.25, 0.3) is 0 Å². The van der Waals surface area contributed by atoms with Crippen molar-refractivity contribution < 1.29 is 71.7 Å². The fourth-order valence-electron chi connectivity index (χ4n) is 13.5. The molecule has 36 nitrogen and oxygen atoms in total. The van der Waals surface area contributed by atoms with E-state index >= 15 is 0 Å². The predicted octanol–water partition coefficient (Wildman–Crippen LogP) is 5.09. The van der Waals surface area contributed by atoms with Gasteiger partial charge in [-0.1, -0.05) is 184 Å². The van der Waals surface area contributed by atoms with Crippen molar-refractivity contribution >= 4 is 114 Å². The Morgan fingerprint density at radius 2 is 0.579 bits per heavy atom. The fourth-order valence-corrected chi connectivity index (χ4v) is 17.1. The first-order valence-corrected chi connectivity index (χ1v) is 54.9. The van der Waals surface area contributed by atoms with Crippen molar-refractivity contribution in [2.24, 2.45) is 51.8 Å². The van der Waals surface area contributed by atoms with E-state index in [2.05, 4.69) is 96.6 Å². The normalized spacial score (nSPS) is 12.6. The van der Waals surface area contributed by atoms with E-state index in [1.807, 2.05) is 9.80 Å². The third-order valence-corrected chi connectivity index (χ3v) is 26.5. The van der Waals surface area contributed by atoms with Gasteiger partial charge in [0.05, 0.1) is 49.6 Å². The Bertz CT molecular complexity index is 2930. The zero-order valence-corrected chi connectivity index (χ0v) is 84.6. The van der Waals surface area contributed by atoms with Gasteiger partial charge < -0.3 is 119 Å². The Kier molecular flexibility index (Phi) is 89.5. The third-order valence-electron chi connectivity index (χ3n) is 21.7. The molecule has 0 bridgehead atoms. The molecule has 0 fully saturated rings. The van der Waals surface area contributed by atoms with Crippen LogP contribution in [0.1, 0.15) is 271 Å². The second-order valence-corrected chi connectivity index (χ2v) is 39.1. The van der Waals surface area contributed by atoms with Crippen LogP contribution in [-0.2, 0) is 71.7 Å². The molecule has 0 aliphatic carbocycles. The van der Waals surface area contributed by atoms with E-state index in [1.54, 1.807) is 0 Å². The van der Waals surface area contributed by atoms with Gasteiger partial charge in [-0.2, -0.15) is 0 Å². The number of hydrogen-bond donors (Lipinski definition) is 19. The maximum Gasteiger partial charge on any atom is 0.306 e. The van der Waals surface area contributed by atoms with E-state index in [-0.39, 0.29) is 119 Å². The van der Waals surface area contributed by atoms with Crippen molar-refractivity contribution in [1.29, 1.82) is 0 Å². The average molecular weight is 1960 g/mol. The van der Waals surface area contributed by atoms with Crippen LogP contribution < -0.4 is 104 Å². The highest BCUT2D eigenvalue weighted by molar-refractivity contribution is 8.77. The van der Waals surface area contributed by atoms with Gasteiger partial charge in [-0.15, -0.1) is 0 Å². The summed E-state index contributed by atoms with van der Waals surface area (Å²) < 4.78 is 17.0. The van der Waals surface area contributed by atoms with Crippen LogP contribution in [0.2, 0.25) is 0 Å². The van der Waals surface area contributed by atoms with Crippen LogP contribution in [0.5, 0.6) is 0 Å². The van der Waals surface area contributed by atoms with Crippen molar-refractivity contribution in [1.82, 2.24) is 68.3 Å². The minimum absolute atomic E-state index is 0.0476. The number of esters is 3. The summed E-state index contributed by atoms with van der Waals surface area (Å²) >= 11 is 0. The first-order valence-electron chi connectivity index (χ1n) is 50.0. The summed E-state index contributed by atoms with van der Waals surface area (Å²) in [5.41, 5.74) is 46.4. The zero-order valence-electron chi connectivity index (χ0n) is 81.3. The SMILES string of the molecule is CCCCCCCC/C=C\CCCCCCCC(=O)OCC(COC(=O)CCCCCCC/C=C\CCCCCCCC)COC(=O)CCC(=O)NC(CCC(=O)NCCSSCCNC(=O)CNCCN(CCNC(=O)C(N)CCCN)CCNC(=O)C(N)CCCN)C(=O)NCCSSCCNC(=O)CNCCN(CCNC(=O)C(N)CCCN)CCNC(=O)C(N)CCCN. The lowest BCUT2D eigenvalue weighted by molar-refractivity contribution is -0.154. The molecular formula is C93H181N21O15S4. The molecule has 0 aromatic rings. The van der Waals surface area contributed by atoms with Gasteiger partial charge in [0.25, 0.3) is 0 Å². The first kappa shape index (κ1) is 127. The lowest BCUT2D eigenvalue weighted by atomic mass is 10.1. The molecule has 27 N–H and O–H groups in total. The molecule has 133 heavy (non-hydrogen) atoms. The van der Waals surface area contributed by atoms with Crippen LogP contribution in [0.15, 0.2) is 24.3 Å². The minimum Gasteiger partial charge on any atom is -0.465 e. The van der Waals surface area contributed by atoms with E-state index in [4.69, 9.17) is 60.1 Å². The lowest BCUT2D eigenvalue weighted by Crippen LogP contribution is -2.47. The highest BCUT2D eigenvalue weighted by atomic mass is 33.1. The number of amides is 9. The molecule has 0 saturated heterocycles. The Labute approximate surface area is 813 Å². The topological polar surface area (TPSA) is 579 Å². The molecule has 9 amide bonds. The summed E-state index contributed by atoms with van der Waals surface area (Å²) in [6.07, 6.45) is 42.4. The zero-order chi connectivity index (χ0) is 97.9. The van der Waals surface area contributed by atoms with Crippen molar-refractivity contribution in [2.75, 3.05) is 187 Å². The van der Waals surface area contributed by atoms with Crippen molar-refractivity contribution in [3.63, 3.8) is 0 Å². The van der Waals surface area contributed by atoms with Crippen LogP contribution in [-0.4, -0.2) is 298 Å². The van der Waals surface area contributed by atoms with Gasteiger partial charge >= 0.3 is 17.9 Å². The highest BCUT2D eigenvalue weighted by Gasteiger charge is 2.25. The number of carbonyl (C=O) groups is 12. The van der Waals surface area contributed by atoms with Crippen LogP contribution in [0, 0.1) is 5.92 Å². The second-order valence-electron chi connectivity index (χ2n) is 33.7. The number of nitrogens with one attached hydrogen (secondary N) is 11. The van der Waals surface area contributed by atoms with E-state index in [1.165, 1.54) is 120 Å². The Balaban J connectivity index is 5.84. The molecule has 5 unspecified atom stereocenters. The molecule has 5 atom stereocenters. The van der Waals surface area contributed by atoms with E-state index in [0.29, 0.717) is 212 Å². The third kappa shape index (κ3) is 82.8. The van der Waals surface area contributed by atoms with E-state index in [0.717, 1.165) is 77.0 Å². The van der Waals surface area contributed by atoms with Gasteiger partial charge in [0.2, 0.25) is 53.2 Å². The Morgan fingerprint density at radius 1 is 0.293 bits per heavy atom. The number of hydrogen-bond acceptors (Lipinski definition) is 31. The number of carbonyl (C=O) groups excluding carboxylic acids is 12. The molecule has 772 valence electrons. The van der Waals surface area contributed by atoms with Crippen molar-refractivity contribution in [3.8, 4) is 0 Å². The van der Waals surface area contributed by atoms with E-state index < -0.39 is 65.8 Å². The second kappa shape index (κ2) is 93.7. The van der Waals surface area contributed by atoms with Gasteiger partial charge in [0.1, 0.15) is 25.9 Å². The van der Waals surface area contributed by atoms with Gasteiger partial charge in [-0.3, -0.25) is 67.3 Å². The molecule has 0 aliphatic rings. The summed E-state index contributed by atoms with van der Waals surface area (Å²) in [6.45, 7) is 12.0. The van der Waals surface area contributed by atoms with Gasteiger partial charge in [-0.25, -0.2) is 0 Å². The number of nitrogens with zero attached hydrogens (tertiary/aromatic N) is 2. The molecule has 0 aromatic heterocycles. The average Bonchev–Trinajstić information content (AvgIpc) is 0.904. The number of unbranched alkanes of at least 4 members (excludes halogenated alkanes) is 22. The maximum atomic E-state index is 13.9. The summed E-state index contributed by atoms with van der Waals surface area (Å²) in [5, 5.41) is 32.0. The highest BCUT2D eigenvalue weighted by Crippen LogP contribution is 2.21. The summed E-state index contributed by atoms with van der Waals surface area (Å²) in [6, 6.07) is -3.83. The molecular weight excluding hydrogens is 1780 g/mol. The molecule has 0 aliphatic heterocycles. The van der Waals surface area contributed by atoms with Crippen molar-refractivity contribution in [3.05, 3.63) is 24.3 Å². The molecule has 0 saturated carbocycles. The standard InChI is InChI=1S/C93H181N21O15S4/c1-3-5-7-9-11-13-15-17-19-21-23-25-27-29-31-41-86(119)127-73-76(74-128-87(120)42-32-30-28-26-24-22-20-18-16-14-12-10-8-6-4-2)75-129-88(121)46-45-83(116)112-81(93(126)111-60-70-133-132-69-59-106-85(118)72-103-52-62-114(65-55-109-91(124)79(100)39-35-49-96)66-56-110-92(125)80(101)40-36-50-97)43-44-82(115)104-57-67-130-131-68-58-105-84(117)71-102-51-61-113(63-53-107-89(122)77(98)37-33-47-94)64-54-108-90(123)78(99)38-34-48-95/h17-20,76-81,102-103H,3-16,21-75,94-101H2,1-2H3,(H,104,115)(H,105,117)(H,106,118)(H,107,122)(H,108,123)(H,109,124)(H,110,125)(H,111,126)(H,112,116)/b19-17-,20-18-. The summed E-state index contributed by atoms with van der Waals surface area (Å²) in [7, 11) is 5.97. The number of rotatable bonds is 96. The largest absolute Gasteiger partial charge is 0.465 e. The van der Waals surface area contributed by atoms with E-state index in [9.17, 15) is 57.5 Å². The Hall–Kier alpha value is -5.96. The predicted molar refractivity (Wildman–Crippen MR) is 543 cm³/mol. The molecule has 40 heteroatoms. The number of allylic oxidation sites excluding steroid dienone is 4. The van der Waals surface area contributed by atoms with Crippen LogP contribution >= 0.6 is 43.2 Å². The number of nitrogens with two attached hydrogens (primary N) is 8. The maximum absolute atomic E-state index is 13.9. The monoisotopic (exact) mass is 1960 g/mol. The first-order chi connectivity index (χ1) is 64.5. The smallest absolute Gasteiger partial charge is 0.306 e. The molecule has 0 radical (unpaired) electrons. The van der Waals surface area contributed by atoms with Crippen LogP contribution in [0.3, 0.4) is 0 Å². The van der Waals surface area contributed by atoms with Gasteiger partial charge in [-0.05, 0) is 148 Å².